The number of esters is 3. The van der Waals surface area contributed by atoms with Crippen molar-refractivity contribution in [2.75, 3.05) is 13.2 Å². The van der Waals surface area contributed by atoms with E-state index in [4.69, 9.17) is 14.2 Å². The quantitative estimate of drug-likeness (QED) is 0.0261. The fraction of sp³-hybridized carbons (Fsp3) is 0.667. The number of allylic oxidation sites excluding steroid dienone is 22. The number of carbonyl (C=O) groups excluding carboxylic acids is 3. The van der Waals surface area contributed by atoms with Crippen molar-refractivity contribution in [1.82, 2.24) is 0 Å². The fourth-order valence-electron chi connectivity index (χ4n) is 9.14. The number of unbranched alkanes of at least 4 members (excludes halogenated alkanes) is 27. The highest BCUT2D eigenvalue weighted by molar-refractivity contribution is 5.71. The van der Waals surface area contributed by atoms with E-state index in [9.17, 15) is 14.4 Å². The normalized spacial score (nSPS) is 13.0. The van der Waals surface area contributed by atoms with Crippen LogP contribution in [0.1, 0.15) is 303 Å². The first-order chi connectivity index (χ1) is 40.0. The average molecular weight is 1120 g/mol. The third kappa shape index (κ3) is 66.2. The first kappa shape index (κ1) is 76.5. The molecule has 0 rings (SSSR count). The predicted molar refractivity (Wildman–Crippen MR) is 353 cm³/mol. The van der Waals surface area contributed by atoms with Crippen LogP contribution in [0.2, 0.25) is 0 Å². The van der Waals surface area contributed by atoms with E-state index >= 15 is 0 Å². The van der Waals surface area contributed by atoms with Gasteiger partial charge in [-0.2, -0.15) is 0 Å². The van der Waals surface area contributed by atoms with Crippen molar-refractivity contribution in [2.24, 2.45) is 0 Å². The number of hydrogen-bond donors (Lipinski definition) is 0. The summed E-state index contributed by atoms with van der Waals surface area (Å²) in [6.07, 6.45) is 96.0. The van der Waals surface area contributed by atoms with Crippen molar-refractivity contribution in [3.63, 3.8) is 0 Å². The van der Waals surface area contributed by atoms with Crippen LogP contribution < -0.4 is 0 Å². The molecule has 0 aliphatic heterocycles. The van der Waals surface area contributed by atoms with E-state index in [1.165, 1.54) is 122 Å². The van der Waals surface area contributed by atoms with E-state index in [2.05, 4.69) is 154 Å². The van der Waals surface area contributed by atoms with Crippen LogP contribution >= 0.6 is 0 Å². The van der Waals surface area contributed by atoms with Gasteiger partial charge >= 0.3 is 17.9 Å². The third-order valence-corrected chi connectivity index (χ3v) is 14.1. The molecule has 0 aromatic rings. The molecule has 81 heavy (non-hydrogen) atoms. The first-order valence-electron chi connectivity index (χ1n) is 33.7. The van der Waals surface area contributed by atoms with Gasteiger partial charge in [0.15, 0.2) is 6.10 Å². The van der Waals surface area contributed by atoms with E-state index < -0.39 is 6.10 Å². The maximum atomic E-state index is 12.9. The van der Waals surface area contributed by atoms with Crippen LogP contribution in [0.4, 0.5) is 0 Å². The van der Waals surface area contributed by atoms with Gasteiger partial charge in [0.05, 0.1) is 0 Å². The molecule has 1 atom stereocenters. The van der Waals surface area contributed by atoms with Gasteiger partial charge in [0, 0.05) is 19.3 Å². The largest absolute Gasteiger partial charge is 0.462 e. The van der Waals surface area contributed by atoms with Crippen molar-refractivity contribution in [1.29, 1.82) is 0 Å². The molecule has 1 unspecified atom stereocenters. The van der Waals surface area contributed by atoms with Gasteiger partial charge in [0.25, 0.3) is 0 Å². The SMILES string of the molecule is CC/C=C\C/C=C\C/C=C\C/C=C\C/C=C\C/C=C\CCCCCCCCCCC(=O)OCC(COC(=O)CCCCCCC/C=C\CCCCCCCC)OC(=O)CCCCCCCCCC/C=C\C/C=C\C/C=C\C/C=C\CC. The van der Waals surface area contributed by atoms with Crippen LogP contribution in [0, 0.1) is 0 Å². The molecule has 0 aromatic carbocycles. The molecule has 0 aliphatic carbocycles. The van der Waals surface area contributed by atoms with Crippen LogP contribution in [0.25, 0.3) is 0 Å². The summed E-state index contributed by atoms with van der Waals surface area (Å²) in [5, 5.41) is 0. The maximum absolute atomic E-state index is 12.9. The van der Waals surface area contributed by atoms with Crippen LogP contribution in [-0.4, -0.2) is 37.2 Å². The van der Waals surface area contributed by atoms with Crippen molar-refractivity contribution >= 4 is 17.9 Å². The molecule has 460 valence electrons. The number of ether oxygens (including phenoxy) is 3. The molecule has 0 radical (unpaired) electrons. The lowest BCUT2D eigenvalue weighted by molar-refractivity contribution is -0.167. The predicted octanol–water partition coefficient (Wildman–Crippen LogP) is 23.3. The highest BCUT2D eigenvalue weighted by Crippen LogP contribution is 2.16. The lowest BCUT2D eigenvalue weighted by Gasteiger charge is -2.18. The zero-order chi connectivity index (χ0) is 58.5. The summed E-state index contributed by atoms with van der Waals surface area (Å²) in [7, 11) is 0. The van der Waals surface area contributed by atoms with Crippen LogP contribution in [-0.2, 0) is 28.6 Å². The van der Waals surface area contributed by atoms with Gasteiger partial charge in [-0.1, -0.05) is 283 Å². The Labute approximate surface area is 500 Å². The van der Waals surface area contributed by atoms with Gasteiger partial charge in [0.1, 0.15) is 13.2 Å². The summed E-state index contributed by atoms with van der Waals surface area (Å²) in [5.74, 6) is -0.909. The second-order valence-corrected chi connectivity index (χ2v) is 22.0. The molecule has 6 heteroatoms. The van der Waals surface area contributed by atoms with E-state index in [1.807, 2.05) is 0 Å². The molecule has 0 spiro atoms. The third-order valence-electron chi connectivity index (χ3n) is 14.1. The Morgan fingerprint density at radius 3 is 0.765 bits per heavy atom. The molecule has 6 nitrogen and oxygen atoms in total. The Hall–Kier alpha value is -4.45. The van der Waals surface area contributed by atoms with E-state index in [1.54, 1.807) is 0 Å². The zero-order valence-corrected chi connectivity index (χ0v) is 52.8. The van der Waals surface area contributed by atoms with Gasteiger partial charge in [-0.05, 0) is 135 Å². The van der Waals surface area contributed by atoms with Gasteiger partial charge in [-0.3, -0.25) is 14.4 Å². The zero-order valence-electron chi connectivity index (χ0n) is 52.8. The van der Waals surface area contributed by atoms with E-state index in [-0.39, 0.29) is 31.1 Å². The molecular formula is C75H124O6. The van der Waals surface area contributed by atoms with Crippen molar-refractivity contribution in [3.8, 4) is 0 Å². The minimum absolute atomic E-state index is 0.0907. The van der Waals surface area contributed by atoms with Crippen molar-refractivity contribution < 1.29 is 28.6 Å². The van der Waals surface area contributed by atoms with E-state index in [0.717, 1.165) is 141 Å². The molecule has 0 saturated carbocycles. The smallest absolute Gasteiger partial charge is 0.306 e. The van der Waals surface area contributed by atoms with Gasteiger partial charge in [0.2, 0.25) is 0 Å². The van der Waals surface area contributed by atoms with Crippen LogP contribution in [0.15, 0.2) is 134 Å². The lowest BCUT2D eigenvalue weighted by atomic mass is 10.1. The Morgan fingerprint density at radius 2 is 0.481 bits per heavy atom. The summed E-state index contributed by atoms with van der Waals surface area (Å²) < 4.78 is 17.0. The summed E-state index contributed by atoms with van der Waals surface area (Å²) in [5.41, 5.74) is 0. The molecule has 0 N–H and O–H groups in total. The Morgan fingerprint density at radius 1 is 0.259 bits per heavy atom. The molecule has 0 fully saturated rings. The standard InChI is InChI=1S/C75H124O6/c1-4-7-10-13-16-19-22-25-28-30-32-34-35-36-37-38-39-41-42-44-47-50-53-56-59-62-65-68-74(77)80-71-72(70-79-73(76)67-64-61-58-55-52-49-46-27-24-21-18-15-12-9-6-3)81-75(78)69-66-63-60-57-54-51-48-45-43-40-33-31-29-26-23-20-17-14-11-8-5-2/h7-8,10-11,16-17,19-20,25-29,32-34,36-37,39-41,46,72H,4-6,9,12-15,18,21-24,30-31,35,38,42-45,47-71H2,1-3H3/b10-7-,11-8-,19-16-,20-17-,28-25-,29-26-,34-32-,37-36-,40-33-,41-39-,46-27-. The minimum Gasteiger partial charge on any atom is -0.462 e. The maximum Gasteiger partial charge on any atom is 0.306 e. The van der Waals surface area contributed by atoms with Gasteiger partial charge < -0.3 is 14.2 Å². The first-order valence-corrected chi connectivity index (χ1v) is 33.7. The van der Waals surface area contributed by atoms with Crippen molar-refractivity contribution in [2.45, 2.75) is 309 Å². The monoisotopic (exact) mass is 1120 g/mol. The second kappa shape index (κ2) is 68.1. The van der Waals surface area contributed by atoms with Gasteiger partial charge in [-0.25, -0.2) is 0 Å². The number of hydrogen-bond acceptors (Lipinski definition) is 6. The minimum atomic E-state index is -0.796. The molecule has 0 aromatic heterocycles. The topological polar surface area (TPSA) is 78.9 Å². The average Bonchev–Trinajstić information content (AvgIpc) is 3.47. The highest BCUT2D eigenvalue weighted by Gasteiger charge is 2.19. The highest BCUT2D eigenvalue weighted by atomic mass is 16.6. The van der Waals surface area contributed by atoms with Crippen LogP contribution in [0.3, 0.4) is 0 Å². The fourth-order valence-corrected chi connectivity index (χ4v) is 9.14. The Bertz CT molecular complexity index is 1720. The van der Waals surface area contributed by atoms with Crippen LogP contribution in [0.5, 0.6) is 0 Å². The van der Waals surface area contributed by atoms with E-state index in [0.29, 0.717) is 19.3 Å². The molecule has 0 bridgehead atoms. The molecule has 0 heterocycles. The molecule has 0 saturated heterocycles. The molecule has 0 amide bonds. The molecular weight excluding hydrogens is 997 g/mol. The second-order valence-electron chi connectivity index (χ2n) is 22.0. The Balaban J connectivity index is 4.40. The van der Waals surface area contributed by atoms with Gasteiger partial charge in [-0.15, -0.1) is 0 Å². The number of rotatable bonds is 60. The van der Waals surface area contributed by atoms with Crippen molar-refractivity contribution in [3.05, 3.63) is 134 Å². The lowest BCUT2D eigenvalue weighted by Crippen LogP contribution is -2.30. The summed E-state index contributed by atoms with van der Waals surface area (Å²) >= 11 is 0. The Kier molecular flexibility index (Phi) is 64.3. The summed E-state index contributed by atoms with van der Waals surface area (Å²) in [4.78, 5) is 38.4. The summed E-state index contributed by atoms with van der Waals surface area (Å²) in [6, 6.07) is 0. The number of carbonyl (C=O) groups is 3. The summed E-state index contributed by atoms with van der Waals surface area (Å²) in [6.45, 7) is 6.41. The molecule has 0 aliphatic rings.